The van der Waals surface area contributed by atoms with Crippen molar-refractivity contribution in [2.45, 2.75) is 64.3 Å². The van der Waals surface area contributed by atoms with Gasteiger partial charge in [0.1, 0.15) is 5.54 Å². The third kappa shape index (κ3) is 3.78. The lowest BCUT2D eigenvalue weighted by atomic mass is 9.84. The van der Waals surface area contributed by atoms with Crippen molar-refractivity contribution < 1.29 is 9.90 Å². The molecule has 0 bridgehead atoms. The normalized spacial score (nSPS) is 34.2. The van der Waals surface area contributed by atoms with Crippen LogP contribution in [0.4, 0.5) is 0 Å². The molecule has 2 rings (SSSR count). The summed E-state index contributed by atoms with van der Waals surface area (Å²) < 4.78 is 0. The minimum atomic E-state index is -0.658. The van der Waals surface area contributed by atoms with Gasteiger partial charge in [-0.1, -0.05) is 26.7 Å². The first-order valence-electron chi connectivity index (χ1n) is 8.83. The van der Waals surface area contributed by atoms with Crippen LogP contribution in [0.1, 0.15) is 58.8 Å². The van der Waals surface area contributed by atoms with E-state index < -0.39 is 11.5 Å². The molecular formula is C17H32N2O2. The minimum Gasteiger partial charge on any atom is -0.480 e. The fourth-order valence-electron chi connectivity index (χ4n) is 4.40. The third-order valence-corrected chi connectivity index (χ3v) is 5.67. The van der Waals surface area contributed by atoms with E-state index in [1.165, 1.54) is 32.4 Å². The minimum absolute atomic E-state index is 0.289. The van der Waals surface area contributed by atoms with Gasteiger partial charge in [0, 0.05) is 6.54 Å². The Morgan fingerprint density at radius 3 is 2.81 bits per heavy atom. The number of likely N-dealkylation sites (N-methyl/N-ethyl adjacent to an activating group) is 1. The van der Waals surface area contributed by atoms with Crippen LogP contribution in [0.2, 0.25) is 0 Å². The van der Waals surface area contributed by atoms with Crippen molar-refractivity contribution in [1.29, 1.82) is 0 Å². The molecule has 0 aromatic carbocycles. The smallest absolute Gasteiger partial charge is 0.324 e. The molecule has 0 radical (unpaired) electrons. The van der Waals surface area contributed by atoms with Crippen molar-refractivity contribution in [2.75, 3.05) is 26.2 Å². The number of aliphatic carboxylic acids is 1. The predicted molar refractivity (Wildman–Crippen MR) is 85.5 cm³/mol. The van der Waals surface area contributed by atoms with Gasteiger partial charge in [-0.05, 0) is 63.6 Å². The van der Waals surface area contributed by atoms with E-state index in [0.717, 1.165) is 44.7 Å². The molecule has 1 saturated carbocycles. The van der Waals surface area contributed by atoms with E-state index in [-0.39, 0.29) is 5.92 Å². The molecule has 0 amide bonds. The standard InChI is InChI=1S/C17H32N2O2/c1-3-14-7-6-11-19(13-14)12-9-15-8-5-10-17(15,16(20)21)18-4-2/h14-15,18H,3-13H2,1-2H3,(H,20,21). The summed E-state index contributed by atoms with van der Waals surface area (Å²) in [7, 11) is 0. The van der Waals surface area contributed by atoms with Gasteiger partial charge >= 0.3 is 5.97 Å². The molecule has 1 aliphatic heterocycles. The number of nitrogens with one attached hydrogen (secondary N) is 1. The lowest BCUT2D eigenvalue weighted by molar-refractivity contribution is -0.146. The molecule has 2 N–H and O–H groups in total. The van der Waals surface area contributed by atoms with Crippen LogP contribution >= 0.6 is 0 Å². The highest BCUT2D eigenvalue weighted by molar-refractivity contribution is 5.79. The van der Waals surface area contributed by atoms with Crippen LogP contribution in [0.25, 0.3) is 0 Å². The van der Waals surface area contributed by atoms with E-state index in [1.54, 1.807) is 0 Å². The van der Waals surface area contributed by atoms with Crippen LogP contribution < -0.4 is 5.32 Å². The first-order valence-corrected chi connectivity index (χ1v) is 8.83. The SMILES string of the molecule is CCNC1(C(=O)O)CCCC1CCN1CCCC(CC)C1. The van der Waals surface area contributed by atoms with Crippen LogP contribution in [0.15, 0.2) is 0 Å². The molecule has 122 valence electrons. The van der Waals surface area contributed by atoms with E-state index in [2.05, 4.69) is 17.1 Å². The second-order valence-electron chi connectivity index (χ2n) is 6.90. The molecule has 21 heavy (non-hydrogen) atoms. The van der Waals surface area contributed by atoms with Crippen LogP contribution in [-0.2, 0) is 4.79 Å². The maximum Gasteiger partial charge on any atom is 0.324 e. The Morgan fingerprint density at radius 2 is 2.14 bits per heavy atom. The molecule has 3 atom stereocenters. The number of piperidine rings is 1. The fraction of sp³-hybridized carbons (Fsp3) is 0.941. The van der Waals surface area contributed by atoms with Crippen molar-refractivity contribution in [2.24, 2.45) is 11.8 Å². The first-order chi connectivity index (χ1) is 10.1. The van der Waals surface area contributed by atoms with Gasteiger partial charge in [-0.2, -0.15) is 0 Å². The zero-order valence-corrected chi connectivity index (χ0v) is 13.7. The van der Waals surface area contributed by atoms with Gasteiger partial charge < -0.3 is 15.3 Å². The summed E-state index contributed by atoms with van der Waals surface area (Å²) in [6.45, 7) is 8.52. The molecule has 1 aliphatic carbocycles. The average Bonchev–Trinajstić information content (AvgIpc) is 2.90. The van der Waals surface area contributed by atoms with Gasteiger partial charge in [0.25, 0.3) is 0 Å². The number of nitrogens with zero attached hydrogens (tertiary/aromatic N) is 1. The van der Waals surface area contributed by atoms with Gasteiger partial charge in [0.05, 0.1) is 0 Å². The Hall–Kier alpha value is -0.610. The molecule has 2 aliphatic rings. The quantitative estimate of drug-likeness (QED) is 0.758. The highest BCUT2D eigenvalue weighted by atomic mass is 16.4. The lowest BCUT2D eigenvalue weighted by Gasteiger charge is -2.36. The Kier molecular flexibility index (Phi) is 6.06. The van der Waals surface area contributed by atoms with E-state index >= 15 is 0 Å². The molecule has 0 aromatic rings. The Bertz CT molecular complexity index is 348. The largest absolute Gasteiger partial charge is 0.480 e. The molecular weight excluding hydrogens is 264 g/mol. The number of rotatable bonds is 7. The van der Waals surface area contributed by atoms with Gasteiger partial charge in [0.2, 0.25) is 0 Å². The molecule has 4 nitrogen and oxygen atoms in total. The van der Waals surface area contributed by atoms with Gasteiger partial charge in [0.15, 0.2) is 0 Å². The number of carboxylic acid groups (broad SMARTS) is 1. The summed E-state index contributed by atoms with van der Waals surface area (Å²) in [5.41, 5.74) is -0.658. The summed E-state index contributed by atoms with van der Waals surface area (Å²) >= 11 is 0. The molecule has 1 heterocycles. The number of hydrogen-bond acceptors (Lipinski definition) is 3. The molecule has 2 fully saturated rings. The van der Waals surface area contributed by atoms with Gasteiger partial charge in [-0.15, -0.1) is 0 Å². The van der Waals surface area contributed by atoms with E-state index in [1.807, 2.05) is 6.92 Å². The number of hydrogen-bond donors (Lipinski definition) is 2. The van der Waals surface area contributed by atoms with Crippen LogP contribution in [0, 0.1) is 11.8 Å². The Balaban J connectivity index is 1.90. The second-order valence-corrected chi connectivity index (χ2v) is 6.90. The molecule has 3 unspecified atom stereocenters. The monoisotopic (exact) mass is 296 g/mol. The van der Waals surface area contributed by atoms with E-state index in [0.29, 0.717) is 0 Å². The first kappa shape index (κ1) is 16.8. The molecule has 0 spiro atoms. The van der Waals surface area contributed by atoms with E-state index in [4.69, 9.17) is 0 Å². The van der Waals surface area contributed by atoms with Crippen molar-refractivity contribution in [3.05, 3.63) is 0 Å². The maximum atomic E-state index is 11.8. The highest BCUT2D eigenvalue weighted by Crippen LogP contribution is 2.38. The van der Waals surface area contributed by atoms with Crippen molar-refractivity contribution >= 4 is 5.97 Å². The summed E-state index contributed by atoms with van der Waals surface area (Å²) in [5, 5.41) is 13.0. The number of likely N-dealkylation sites (tertiary alicyclic amines) is 1. The molecule has 4 heteroatoms. The number of carbonyl (C=O) groups is 1. The van der Waals surface area contributed by atoms with Crippen molar-refractivity contribution in [3.8, 4) is 0 Å². The van der Waals surface area contributed by atoms with Crippen LogP contribution in [0.3, 0.4) is 0 Å². The summed E-state index contributed by atoms with van der Waals surface area (Å²) in [6, 6.07) is 0. The topological polar surface area (TPSA) is 52.6 Å². The molecule has 1 saturated heterocycles. The second kappa shape index (κ2) is 7.59. The molecule has 0 aromatic heterocycles. The summed E-state index contributed by atoms with van der Waals surface area (Å²) in [4.78, 5) is 14.4. The Morgan fingerprint density at radius 1 is 1.33 bits per heavy atom. The highest BCUT2D eigenvalue weighted by Gasteiger charge is 2.48. The van der Waals surface area contributed by atoms with Crippen molar-refractivity contribution in [1.82, 2.24) is 10.2 Å². The summed E-state index contributed by atoms with van der Waals surface area (Å²) in [5.74, 6) is 0.495. The zero-order chi connectivity index (χ0) is 15.3. The average molecular weight is 296 g/mol. The zero-order valence-electron chi connectivity index (χ0n) is 13.7. The van der Waals surface area contributed by atoms with Crippen LogP contribution in [-0.4, -0.2) is 47.7 Å². The Labute approximate surface area is 129 Å². The lowest BCUT2D eigenvalue weighted by Crippen LogP contribution is -2.55. The third-order valence-electron chi connectivity index (χ3n) is 5.67. The predicted octanol–water partition coefficient (Wildman–Crippen LogP) is 2.73. The number of carboxylic acids is 1. The maximum absolute atomic E-state index is 11.8. The summed E-state index contributed by atoms with van der Waals surface area (Å²) in [6.07, 6.45) is 7.86. The fourth-order valence-corrected chi connectivity index (χ4v) is 4.40. The van der Waals surface area contributed by atoms with E-state index in [9.17, 15) is 9.90 Å². The van der Waals surface area contributed by atoms with Crippen LogP contribution in [0.5, 0.6) is 0 Å². The van der Waals surface area contributed by atoms with Gasteiger partial charge in [-0.3, -0.25) is 4.79 Å². The van der Waals surface area contributed by atoms with Crippen molar-refractivity contribution in [3.63, 3.8) is 0 Å². The van der Waals surface area contributed by atoms with Gasteiger partial charge in [-0.25, -0.2) is 0 Å².